The number of ether oxygens (including phenoxy) is 2. The number of fused-ring (bicyclic) bond motifs is 1. The third kappa shape index (κ3) is 3.47. The molecule has 0 bridgehead atoms. The number of rotatable bonds is 4. The fourth-order valence-electron chi connectivity index (χ4n) is 4.06. The van der Waals surface area contributed by atoms with E-state index in [9.17, 15) is 13.2 Å². The van der Waals surface area contributed by atoms with Crippen molar-refractivity contribution in [1.82, 2.24) is 4.90 Å². The highest BCUT2D eigenvalue weighted by Crippen LogP contribution is 2.34. The maximum Gasteiger partial charge on any atom is 0.231 e. The van der Waals surface area contributed by atoms with Gasteiger partial charge in [0.2, 0.25) is 12.7 Å². The van der Waals surface area contributed by atoms with Crippen LogP contribution >= 0.6 is 0 Å². The molecule has 1 saturated carbocycles. The molecule has 2 fully saturated rings. The van der Waals surface area contributed by atoms with Crippen LogP contribution in [0.15, 0.2) is 18.2 Å². The first-order chi connectivity index (χ1) is 12.0. The van der Waals surface area contributed by atoms with E-state index in [4.69, 9.17) is 9.47 Å². The first-order valence-electron chi connectivity index (χ1n) is 8.91. The summed E-state index contributed by atoms with van der Waals surface area (Å²) in [7, 11) is -3.06. The Balaban J connectivity index is 1.55. The Hall–Kier alpha value is -1.76. The number of amides is 1. The van der Waals surface area contributed by atoms with Crippen molar-refractivity contribution >= 4 is 15.7 Å². The molecule has 0 spiro atoms. The SMILES string of the molecule is O=C([C@@H]1CCS(=O)(=O)C1)N(Cc1ccc2c(c1)OCO2)C1CCCC1. The standard InChI is InChI=1S/C18H23NO5S/c20-18(14-7-8-25(21,22)11-14)19(15-3-1-2-4-15)10-13-5-6-16-17(9-13)24-12-23-16/h5-6,9,14-15H,1-4,7-8,10-12H2/t14-/m1/s1. The second kappa shape index (κ2) is 6.52. The average Bonchev–Trinajstić information content (AvgIpc) is 3.31. The van der Waals surface area contributed by atoms with Crippen LogP contribution in [-0.2, 0) is 21.2 Å². The summed E-state index contributed by atoms with van der Waals surface area (Å²) in [4.78, 5) is 15.0. The highest BCUT2D eigenvalue weighted by atomic mass is 32.2. The molecule has 6 nitrogen and oxygen atoms in total. The van der Waals surface area contributed by atoms with E-state index in [1.165, 1.54) is 0 Å². The van der Waals surface area contributed by atoms with Crippen molar-refractivity contribution in [1.29, 1.82) is 0 Å². The number of sulfone groups is 1. The van der Waals surface area contributed by atoms with Crippen molar-refractivity contribution < 1.29 is 22.7 Å². The molecule has 1 saturated heterocycles. The van der Waals surface area contributed by atoms with Gasteiger partial charge in [0.25, 0.3) is 0 Å². The summed E-state index contributed by atoms with van der Waals surface area (Å²) in [6.45, 7) is 0.723. The number of carbonyl (C=O) groups is 1. The number of hydrogen-bond donors (Lipinski definition) is 0. The Morgan fingerprint density at radius 2 is 1.88 bits per heavy atom. The molecule has 1 aromatic carbocycles. The van der Waals surface area contributed by atoms with Gasteiger partial charge in [-0.3, -0.25) is 4.79 Å². The molecule has 1 atom stereocenters. The zero-order chi connectivity index (χ0) is 17.4. The van der Waals surface area contributed by atoms with Crippen LogP contribution in [0, 0.1) is 5.92 Å². The molecule has 4 rings (SSSR count). The fraction of sp³-hybridized carbons (Fsp3) is 0.611. The molecular formula is C18H23NO5S. The highest BCUT2D eigenvalue weighted by molar-refractivity contribution is 7.91. The van der Waals surface area contributed by atoms with Gasteiger partial charge in [0.1, 0.15) is 0 Å². The largest absolute Gasteiger partial charge is 0.454 e. The normalized spacial score (nSPS) is 24.6. The van der Waals surface area contributed by atoms with Crippen LogP contribution in [0.5, 0.6) is 11.5 Å². The first kappa shape index (κ1) is 16.7. The molecule has 0 unspecified atom stereocenters. The Labute approximate surface area is 148 Å². The van der Waals surface area contributed by atoms with Crippen molar-refractivity contribution in [2.75, 3.05) is 18.3 Å². The second-order valence-corrected chi connectivity index (χ2v) is 9.42. The van der Waals surface area contributed by atoms with E-state index < -0.39 is 9.84 Å². The predicted molar refractivity (Wildman–Crippen MR) is 92.1 cm³/mol. The lowest BCUT2D eigenvalue weighted by atomic mass is 10.0. The zero-order valence-electron chi connectivity index (χ0n) is 14.1. The van der Waals surface area contributed by atoms with Gasteiger partial charge in [-0.15, -0.1) is 0 Å². The monoisotopic (exact) mass is 365 g/mol. The van der Waals surface area contributed by atoms with Crippen LogP contribution in [0.4, 0.5) is 0 Å². The lowest BCUT2D eigenvalue weighted by molar-refractivity contribution is -0.137. The van der Waals surface area contributed by atoms with Crippen LogP contribution in [0.25, 0.3) is 0 Å². The van der Waals surface area contributed by atoms with Gasteiger partial charge in [-0.05, 0) is 37.0 Å². The number of benzene rings is 1. The van der Waals surface area contributed by atoms with E-state index in [2.05, 4.69) is 0 Å². The van der Waals surface area contributed by atoms with Gasteiger partial charge < -0.3 is 14.4 Å². The molecule has 2 heterocycles. The Morgan fingerprint density at radius 1 is 1.12 bits per heavy atom. The number of hydrogen-bond acceptors (Lipinski definition) is 5. The highest BCUT2D eigenvalue weighted by Gasteiger charge is 2.38. The summed E-state index contributed by atoms with van der Waals surface area (Å²) < 4.78 is 34.3. The third-order valence-corrected chi connectivity index (χ3v) is 7.19. The molecule has 0 aromatic heterocycles. The van der Waals surface area contributed by atoms with Gasteiger partial charge in [0.15, 0.2) is 21.3 Å². The van der Waals surface area contributed by atoms with Crippen LogP contribution in [0.2, 0.25) is 0 Å². The number of carbonyl (C=O) groups excluding carboxylic acids is 1. The quantitative estimate of drug-likeness (QED) is 0.817. The summed E-state index contributed by atoms with van der Waals surface area (Å²) in [6, 6.07) is 5.95. The Morgan fingerprint density at radius 3 is 2.60 bits per heavy atom. The molecule has 136 valence electrons. The molecule has 0 radical (unpaired) electrons. The second-order valence-electron chi connectivity index (χ2n) is 7.19. The van der Waals surface area contributed by atoms with Crippen molar-refractivity contribution in [3.8, 4) is 11.5 Å². The van der Waals surface area contributed by atoms with Crippen LogP contribution in [0.3, 0.4) is 0 Å². The van der Waals surface area contributed by atoms with Crippen molar-refractivity contribution in [3.05, 3.63) is 23.8 Å². The van der Waals surface area contributed by atoms with E-state index >= 15 is 0 Å². The zero-order valence-corrected chi connectivity index (χ0v) is 15.0. The Bertz CT molecular complexity index is 770. The van der Waals surface area contributed by atoms with Gasteiger partial charge >= 0.3 is 0 Å². The van der Waals surface area contributed by atoms with E-state index in [-0.39, 0.29) is 36.2 Å². The maximum absolute atomic E-state index is 13.1. The van der Waals surface area contributed by atoms with Crippen molar-refractivity contribution in [3.63, 3.8) is 0 Å². The molecule has 2 aliphatic heterocycles. The molecule has 1 amide bonds. The van der Waals surface area contributed by atoms with Crippen LogP contribution in [0.1, 0.15) is 37.7 Å². The molecule has 1 aromatic rings. The lowest BCUT2D eigenvalue weighted by Gasteiger charge is -2.31. The molecule has 0 N–H and O–H groups in total. The van der Waals surface area contributed by atoms with Crippen molar-refractivity contribution in [2.45, 2.75) is 44.7 Å². The minimum atomic E-state index is -3.06. The smallest absolute Gasteiger partial charge is 0.231 e. The molecule has 7 heteroatoms. The maximum atomic E-state index is 13.1. The Kier molecular flexibility index (Phi) is 4.35. The van der Waals surface area contributed by atoms with Gasteiger partial charge in [0, 0.05) is 12.6 Å². The minimum absolute atomic E-state index is 0.00378. The summed E-state index contributed by atoms with van der Waals surface area (Å²) in [6.07, 6.45) is 4.69. The van der Waals surface area contributed by atoms with Crippen molar-refractivity contribution in [2.24, 2.45) is 5.92 Å². The topological polar surface area (TPSA) is 72.9 Å². The van der Waals surface area contributed by atoms with E-state index in [0.717, 1.165) is 37.0 Å². The first-order valence-corrected chi connectivity index (χ1v) is 10.7. The van der Waals surface area contributed by atoms with Gasteiger partial charge in [-0.1, -0.05) is 18.9 Å². The lowest BCUT2D eigenvalue weighted by Crippen LogP contribution is -2.42. The molecular weight excluding hydrogens is 342 g/mol. The van der Waals surface area contributed by atoms with Gasteiger partial charge in [-0.2, -0.15) is 0 Å². The van der Waals surface area contributed by atoms with Gasteiger partial charge in [0.05, 0.1) is 17.4 Å². The van der Waals surface area contributed by atoms with Crippen LogP contribution < -0.4 is 9.47 Å². The average molecular weight is 365 g/mol. The predicted octanol–water partition coefficient (Wildman–Crippen LogP) is 2.12. The third-order valence-electron chi connectivity index (χ3n) is 5.42. The summed E-state index contributed by atoms with van der Waals surface area (Å²) in [5, 5.41) is 0. The summed E-state index contributed by atoms with van der Waals surface area (Å²) >= 11 is 0. The minimum Gasteiger partial charge on any atom is -0.454 e. The van der Waals surface area contributed by atoms with E-state index in [1.807, 2.05) is 23.1 Å². The molecule has 25 heavy (non-hydrogen) atoms. The number of nitrogens with zero attached hydrogens (tertiary/aromatic N) is 1. The van der Waals surface area contributed by atoms with E-state index in [1.54, 1.807) is 0 Å². The summed E-state index contributed by atoms with van der Waals surface area (Å²) in [5.74, 6) is 1.16. The van der Waals surface area contributed by atoms with Crippen LogP contribution in [-0.4, -0.2) is 43.6 Å². The molecule has 1 aliphatic carbocycles. The fourth-order valence-corrected chi connectivity index (χ4v) is 5.80. The summed E-state index contributed by atoms with van der Waals surface area (Å²) in [5.41, 5.74) is 0.991. The van der Waals surface area contributed by atoms with E-state index in [0.29, 0.717) is 18.7 Å². The van der Waals surface area contributed by atoms with Gasteiger partial charge in [-0.25, -0.2) is 8.42 Å². The molecule has 3 aliphatic rings.